The van der Waals surface area contributed by atoms with E-state index in [2.05, 4.69) is 0 Å². The molecule has 0 aromatic heterocycles. The molecule has 18 rings (SSSR count). The van der Waals surface area contributed by atoms with Crippen molar-refractivity contribution < 1.29 is 80.5 Å². The summed E-state index contributed by atoms with van der Waals surface area (Å²) in [4.78, 5) is 71.7. The zero-order valence-corrected chi connectivity index (χ0v) is 82.8. The summed E-state index contributed by atoms with van der Waals surface area (Å²) in [6.07, 6.45) is 99.5. The van der Waals surface area contributed by atoms with Crippen molar-refractivity contribution in [2.75, 3.05) is 0 Å². The van der Waals surface area contributed by atoms with Crippen molar-refractivity contribution >= 4 is 35.8 Å². The molecule has 18 saturated carbocycles. The van der Waals surface area contributed by atoms with Crippen LogP contribution in [0.1, 0.15) is 501 Å². The molecule has 12 unspecified atom stereocenters. The molecule has 0 spiro atoms. The fourth-order valence-electron chi connectivity index (χ4n) is 34.8. The van der Waals surface area contributed by atoms with Crippen LogP contribution in [0.5, 0.6) is 0 Å². The van der Waals surface area contributed by atoms with Crippen LogP contribution in [0.4, 0.5) is 0 Å². The fourth-order valence-corrected chi connectivity index (χ4v) is 34.8. The van der Waals surface area contributed by atoms with Crippen LogP contribution in [-0.2, 0) is 49.8 Å². The Morgan fingerprint density at radius 1 is 0.110 bits per heavy atom. The number of rotatable bonds is 18. The number of carboxylic acids is 6. The number of carboxylic acid groups (broad SMARTS) is 6. The molecule has 720 valence electrons. The zero-order valence-electron chi connectivity index (χ0n) is 80.8. The maximum Gasteiger partial charge on any atom is 6.00 e. The van der Waals surface area contributed by atoms with Crippen molar-refractivity contribution in [3.63, 3.8) is 0 Å². The summed E-state index contributed by atoms with van der Waals surface area (Å²) < 4.78 is 0. The molecule has 127 heavy (non-hydrogen) atoms. The maximum atomic E-state index is 11.9. The van der Waals surface area contributed by atoms with E-state index in [-0.39, 0.29) is 56.6 Å². The number of hydrogen-bond acceptors (Lipinski definition) is 12. The summed E-state index contributed by atoms with van der Waals surface area (Å²) in [7, 11) is 0. The maximum absolute atomic E-state index is 11.9. The number of carbonyl (C=O) groups is 6. The first-order chi connectivity index (χ1) is 61.6. The molecule has 0 heterocycles. The van der Waals surface area contributed by atoms with Gasteiger partial charge in [0.15, 0.2) is 0 Å². The third-order valence-corrected chi connectivity index (χ3v) is 40.7. The van der Waals surface area contributed by atoms with Gasteiger partial charge in [0, 0.05) is 71.3 Å². The molecule has 18 fully saturated rings. The standard InChI is InChI=1S/6C19H32O2.Mo/c6*20-19(21)18-16(14-8-3-1-4-9-14)12-7-13-17(18)15-10-5-2-6-11-15;/h6*14-18H,1-13H2,(H,20,21);/q;;;;;;+6/p-6. The number of hydrogen-bond donors (Lipinski definition) is 0. The van der Waals surface area contributed by atoms with Gasteiger partial charge in [-0.3, -0.25) is 0 Å². The molecular formula is C114H186MoO12. The molecule has 18 aliphatic carbocycles. The Labute approximate surface area is 789 Å². The Morgan fingerprint density at radius 3 is 0.244 bits per heavy atom. The molecule has 12 atom stereocenters. The SMILES string of the molecule is O=C([O-])C1C(C2CCCCC2)CCCC1C1CCCCC1.O=C([O-])C1C(C2CCCCC2)CCCC1C1CCCCC1.O=C([O-])C1C(C2CCCCC2)CCCC1C1CCCCC1.O=C([O-])C1C(C2CCCCC2)CCCC1C1CCCCC1.O=C([O-])C1C(C2CCCCC2)CCCC1C1CCCCC1.O=C([O-])C1C(C2CCCCC2)CCCC1C1CCCCC1.[Mo+6]. The monoisotopic (exact) mass is 1850 g/mol. The summed E-state index contributed by atoms with van der Waals surface area (Å²) in [5.41, 5.74) is 0. The van der Waals surface area contributed by atoms with Gasteiger partial charge in [-0.15, -0.1) is 0 Å². The quantitative estimate of drug-likeness (QED) is 0.116. The van der Waals surface area contributed by atoms with Gasteiger partial charge in [-0.2, -0.15) is 0 Å². The summed E-state index contributed by atoms with van der Waals surface area (Å²) in [6.45, 7) is 0. The van der Waals surface area contributed by atoms with Crippen molar-refractivity contribution in [3.8, 4) is 0 Å². The van der Waals surface area contributed by atoms with E-state index in [9.17, 15) is 59.4 Å². The molecule has 0 aromatic rings. The average molecular weight is 1840 g/mol. The van der Waals surface area contributed by atoms with E-state index in [0.29, 0.717) is 142 Å². The van der Waals surface area contributed by atoms with E-state index >= 15 is 0 Å². The van der Waals surface area contributed by atoms with Crippen LogP contribution in [0.25, 0.3) is 0 Å². The Kier molecular flexibility index (Phi) is 44.8. The average Bonchev–Trinajstić information content (AvgIpc) is 0.822. The first-order valence-corrected chi connectivity index (χ1v) is 56.9. The van der Waals surface area contributed by atoms with E-state index in [0.717, 1.165) is 77.0 Å². The first-order valence-electron chi connectivity index (χ1n) is 56.9. The van der Waals surface area contributed by atoms with Crippen LogP contribution in [0.2, 0.25) is 0 Å². The second kappa shape index (κ2) is 55.0. The molecular weight excluding hydrogens is 1660 g/mol. The van der Waals surface area contributed by atoms with Gasteiger partial charge in [-0.25, -0.2) is 0 Å². The van der Waals surface area contributed by atoms with Gasteiger partial charge in [-0.1, -0.05) is 424 Å². The van der Waals surface area contributed by atoms with E-state index < -0.39 is 35.8 Å². The van der Waals surface area contributed by atoms with Crippen molar-refractivity contribution in [3.05, 3.63) is 0 Å². The van der Waals surface area contributed by atoms with Gasteiger partial charge in [0.25, 0.3) is 0 Å². The smallest absolute Gasteiger partial charge is 0.550 e. The third kappa shape index (κ3) is 29.3. The Balaban J connectivity index is 0.000000138. The molecule has 0 amide bonds. The van der Waals surface area contributed by atoms with E-state index in [1.165, 1.54) is 424 Å². The third-order valence-electron chi connectivity index (χ3n) is 40.7. The van der Waals surface area contributed by atoms with Crippen LogP contribution in [0.3, 0.4) is 0 Å². The van der Waals surface area contributed by atoms with Crippen molar-refractivity contribution in [2.45, 2.75) is 501 Å². The van der Waals surface area contributed by atoms with Gasteiger partial charge in [0.1, 0.15) is 0 Å². The first kappa shape index (κ1) is 103. The fraction of sp³-hybridized carbons (Fsp3) is 0.947. The van der Waals surface area contributed by atoms with Crippen LogP contribution in [0.15, 0.2) is 0 Å². The Hall–Kier alpha value is -2.49. The second-order valence-corrected chi connectivity index (χ2v) is 47.4. The van der Waals surface area contributed by atoms with E-state index in [1.54, 1.807) is 0 Å². The Morgan fingerprint density at radius 2 is 0.181 bits per heavy atom. The largest absolute Gasteiger partial charge is 6.00 e. The van der Waals surface area contributed by atoms with Crippen LogP contribution in [-0.4, -0.2) is 35.8 Å². The van der Waals surface area contributed by atoms with Crippen molar-refractivity contribution in [2.24, 2.45) is 178 Å². The minimum absolute atomic E-state index is 0. The summed E-state index contributed by atoms with van der Waals surface area (Å²) in [5.74, 6) is 8.08. The number of aliphatic carboxylic acids is 6. The summed E-state index contributed by atoms with van der Waals surface area (Å²) in [6, 6.07) is 0. The molecule has 0 radical (unpaired) electrons. The van der Waals surface area contributed by atoms with Gasteiger partial charge in [0.2, 0.25) is 0 Å². The predicted molar refractivity (Wildman–Crippen MR) is 495 cm³/mol. The normalized spacial score (nSPS) is 36.2. The van der Waals surface area contributed by atoms with Gasteiger partial charge in [-0.05, 0) is 219 Å². The summed E-state index contributed by atoms with van der Waals surface area (Å²) in [5, 5.41) is 71.7. The minimum atomic E-state index is -0.721. The molecule has 12 nitrogen and oxygen atoms in total. The molecule has 0 aliphatic heterocycles. The van der Waals surface area contributed by atoms with Crippen LogP contribution >= 0.6 is 0 Å². The van der Waals surface area contributed by atoms with Crippen LogP contribution < -0.4 is 30.6 Å². The number of carbonyl (C=O) groups excluding carboxylic acids is 6. The van der Waals surface area contributed by atoms with Crippen molar-refractivity contribution in [1.82, 2.24) is 0 Å². The van der Waals surface area contributed by atoms with E-state index in [1.807, 2.05) is 0 Å². The predicted octanol–water partition coefficient (Wildman–Crippen LogP) is 23.6. The molecule has 0 bridgehead atoms. The van der Waals surface area contributed by atoms with Gasteiger partial charge in [0.05, 0.1) is 0 Å². The molecule has 0 saturated heterocycles. The molecule has 0 aromatic carbocycles. The summed E-state index contributed by atoms with van der Waals surface area (Å²) >= 11 is 0. The zero-order chi connectivity index (χ0) is 87.9. The topological polar surface area (TPSA) is 241 Å². The van der Waals surface area contributed by atoms with Crippen molar-refractivity contribution in [1.29, 1.82) is 0 Å². The minimum Gasteiger partial charge on any atom is -0.550 e. The molecule has 18 aliphatic rings. The molecule has 13 heteroatoms. The van der Waals surface area contributed by atoms with E-state index in [4.69, 9.17) is 0 Å². The Bertz CT molecular complexity index is 2420. The van der Waals surface area contributed by atoms with Gasteiger partial charge >= 0.3 is 21.1 Å². The molecule has 0 N–H and O–H groups in total. The van der Waals surface area contributed by atoms with Crippen LogP contribution in [0, 0.1) is 178 Å². The second-order valence-electron chi connectivity index (χ2n) is 47.4. The van der Waals surface area contributed by atoms with Gasteiger partial charge < -0.3 is 59.4 Å².